The zero-order valence-electron chi connectivity index (χ0n) is 19.5. The quantitative estimate of drug-likeness (QED) is 0.399. The topological polar surface area (TPSA) is 99.5 Å². The number of thiophene rings is 1. The molecule has 0 unspecified atom stereocenters. The number of aromatic nitrogens is 2. The molecule has 4 rings (SSSR count). The molecular formula is C24H29N5O3S. The van der Waals surface area contributed by atoms with Crippen LogP contribution in [0.2, 0.25) is 0 Å². The van der Waals surface area contributed by atoms with E-state index in [9.17, 15) is 9.59 Å². The number of carbonyl (C=O) groups is 2. The maximum absolute atomic E-state index is 12.7. The Hall–Kier alpha value is -3.43. The Morgan fingerprint density at radius 1 is 1.18 bits per heavy atom. The molecule has 3 N–H and O–H groups in total. The van der Waals surface area contributed by atoms with E-state index in [2.05, 4.69) is 22.5 Å². The van der Waals surface area contributed by atoms with E-state index >= 15 is 0 Å². The normalized spacial score (nSPS) is 10.6. The molecule has 4 aromatic rings. The van der Waals surface area contributed by atoms with Crippen LogP contribution in [-0.4, -0.2) is 59.2 Å². The van der Waals surface area contributed by atoms with Crippen molar-refractivity contribution in [2.75, 3.05) is 33.1 Å². The van der Waals surface area contributed by atoms with Crippen molar-refractivity contribution in [3.8, 4) is 0 Å². The van der Waals surface area contributed by atoms with Crippen LogP contribution >= 0.6 is 11.3 Å². The van der Waals surface area contributed by atoms with Gasteiger partial charge in [-0.3, -0.25) is 14.3 Å². The number of amides is 2. The lowest BCUT2D eigenvalue weighted by molar-refractivity contribution is 0.0800. The molecule has 33 heavy (non-hydrogen) atoms. The van der Waals surface area contributed by atoms with E-state index in [0.29, 0.717) is 4.88 Å². The molecule has 2 amide bonds. The number of aryl methyl sites for hydroxylation is 1. The second-order valence-electron chi connectivity index (χ2n) is 7.49. The molecule has 0 saturated carbocycles. The SMILES string of the molecule is CCCN(C)C(=O)c1cc2nccc(Nc3ccc4c(c3)cc(C)n4C(=O)NC)c2s1.CO. The summed E-state index contributed by atoms with van der Waals surface area (Å²) in [5, 5.41) is 14.1. The Morgan fingerprint density at radius 2 is 1.94 bits per heavy atom. The Labute approximate surface area is 196 Å². The molecule has 1 aromatic carbocycles. The summed E-state index contributed by atoms with van der Waals surface area (Å²) in [7, 11) is 4.45. The molecular weight excluding hydrogens is 438 g/mol. The summed E-state index contributed by atoms with van der Waals surface area (Å²) in [5.41, 5.74) is 4.32. The lowest BCUT2D eigenvalue weighted by Crippen LogP contribution is -2.26. The molecule has 8 nitrogen and oxygen atoms in total. The molecule has 174 valence electrons. The third kappa shape index (κ3) is 4.84. The van der Waals surface area contributed by atoms with E-state index < -0.39 is 0 Å². The van der Waals surface area contributed by atoms with Gasteiger partial charge in [-0.25, -0.2) is 4.79 Å². The number of aliphatic hydroxyl groups is 1. The zero-order chi connectivity index (χ0) is 24.1. The summed E-state index contributed by atoms with van der Waals surface area (Å²) in [6.45, 7) is 4.69. The summed E-state index contributed by atoms with van der Waals surface area (Å²) in [4.78, 5) is 31.7. The van der Waals surface area contributed by atoms with E-state index in [4.69, 9.17) is 5.11 Å². The molecule has 3 heterocycles. The molecule has 0 aliphatic carbocycles. The molecule has 0 aliphatic heterocycles. The van der Waals surface area contributed by atoms with E-state index in [1.807, 2.05) is 50.4 Å². The van der Waals surface area contributed by atoms with Crippen LogP contribution in [0, 0.1) is 6.92 Å². The number of pyridine rings is 1. The standard InChI is InChI=1S/C23H25N5O2S.CH4O/c1-5-10-27(4)22(29)20-13-18-21(31-20)17(8-9-25-18)26-16-6-7-19-15(12-16)11-14(2)28(19)23(30)24-3;1-2/h6-9,11-13H,5,10H2,1-4H3,(H,24,30)(H,25,26);2H,1H3. The second kappa shape index (κ2) is 10.5. The Morgan fingerprint density at radius 3 is 2.64 bits per heavy atom. The Bertz CT molecular complexity index is 1290. The van der Waals surface area contributed by atoms with Gasteiger partial charge in [0.15, 0.2) is 0 Å². The smallest absolute Gasteiger partial charge is 0.325 e. The highest BCUT2D eigenvalue weighted by Crippen LogP contribution is 2.34. The molecule has 0 aliphatic rings. The molecule has 0 spiro atoms. The lowest BCUT2D eigenvalue weighted by atomic mass is 10.2. The fourth-order valence-corrected chi connectivity index (χ4v) is 4.81. The highest BCUT2D eigenvalue weighted by molar-refractivity contribution is 7.21. The van der Waals surface area contributed by atoms with Gasteiger partial charge in [0.25, 0.3) is 5.91 Å². The number of nitrogens with one attached hydrogen (secondary N) is 2. The molecule has 0 radical (unpaired) electrons. The molecule has 9 heteroatoms. The Balaban J connectivity index is 0.00000149. The van der Waals surface area contributed by atoms with Gasteiger partial charge < -0.3 is 20.6 Å². The number of rotatable bonds is 5. The summed E-state index contributed by atoms with van der Waals surface area (Å²) in [6, 6.07) is 11.5. The summed E-state index contributed by atoms with van der Waals surface area (Å²) >= 11 is 1.45. The number of benzene rings is 1. The lowest BCUT2D eigenvalue weighted by Gasteiger charge is -2.14. The van der Waals surface area contributed by atoms with Crippen LogP contribution < -0.4 is 10.6 Å². The number of anilines is 2. The van der Waals surface area contributed by atoms with Crippen molar-refractivity contribution in [2.45, 2.75) is 20.3 Å². The second-order valence-corrected chi connectivity index (χ2v) is 8.54. The van der Waals surface area contributed by atoms with E-state index in [0.717, 1.165) is 58.3 Å². The number of fused-ring (bicyclic) bond motifs is 2. The highest BCUT2D eigenvalue weighted by atomic mass is 32.1. The molecule has 0 saturated heterocycles. The maximum atomic E-state index is 12.7. The van der Waals surface area contributed by atoms with Crippen LogP contribution in [0.25, 0.3) is 21.1 Å². The average molecular weight is 468 g/mol. The molecule has 0 atom stereocenters. The van der Waals surface area contributed by atoms with Crippen molar-refractivity contribution >= 4 is 55.8 Å². The predicted molar refractivity (Wildman–Crippen MR) is 135 cm³/mol. The van der Waals surface area contributed by atoms with Gasteiger partial charge in [-0.2, -0.15) is 0 Å². The van der Waals surface area contributed by atoms with Gasteiger partial charge in [-0.1, -0.05) is 6.92 Å². The van der Waals surface area contributed by atoms with Gasteiger partial charge in [0.05, 0.1) is 26.3 Å². The first-order valence-electron chi connectivity index (χ1n) is 10.6. The molecule has 0 fully saturated rings. The molecule has 0 bridgehead atoms. The van der Waals surface area contributed by atoms with Crippen LogP contribution in [0.5, 0.6) is 0 Å². The minimum absolute atomic E-state index is 0.0169. The van der Waals surface area contributed by atoms with Crippen molar-refractivity contribution in [3.05, 3.63) is 53.2 Å². The third-order valence-corrected chi connectivity index (χ3v) is 6.36. The zero-order valence-corrected chi connectivity index (χ0v) is 20.3. The van der Waals surface area contributed by atoms with Crippen LogP contribution in [0.1, 0.15) is 28.7 Å². The summed E-state index contributed by atoms with van der Waals surface area (Å²) in [5.74, 6) is 0.0169. The van der Waals surface area contributed by atoms with Gasteiger partial charge in [0, 0.05) is 50.7 Å². The number of hydrogen-bond acceptors (Lipinski definition) is 6. The van der Waals surface area contributed by atoms with Crippen molar-refractivity contribution in [2.24, 2.45) is 0 Å². The van der Waals surface area contributed by atoms with Gasteiger partial charge in [0.1, 0.15) is 0 Å². The largest absolute Gasteiger partial charge is 0.400 e. The summed E-state index contributed by atoms with van der Waals surface area (Å²) in [6.07, 6.45) is 2.66. The first-order chi connectivity index (χ1) is 15.9. The number of hydrogen-bond donors (Lipinski definition) is 3. The minimum Gasteiger partial charge on any atom is -0.400 e. The number of carbonyl (C=O) groups excluding carboxylic acids is 2. The van der Waals surface area contributed by atoms with E-state index in [1.54, 1.807) is 22.7 Å². The monoisotopic (exact) mass is 467 g/mol. The molecule has 3 aromatic heterocycles. The van der Waals surface area contributed by atoms with Crippen LogP contribution in [0.15, 0.2) is 42.6 Å². The minimum atomic E-state index is -0.159. The maximum Gasteiger partial charge on any atom is 0.325 e. The average Bonchev–Trinajstić information content (AvgIpc) is 3.40. The number of aliphatic hydroxyl groups excluding tert-OH is 1. The van der Waals surface area contributed by atoms with E-state index in [1.165, 1.54) is 11.3 Å². The van der Waals surface area contributed by atoms with Crippen LogP contribution in [-0.2, 0) is 0 Å². The first kappa shape index (κ1) is 24.2. The van der Waals surface area contributed by atoms with Crippen molar-refractivity contribution < 1.29 is 14.7 Å². The van der Waals surface area contributed by atoms with Gasteiger partial charge in [-0.15, -0.1) is 11.3 Å². The number of nitrogens with zero attached hydrogens (tertiary/aromatic N) is 3. The van der Waals surface area contributed by atoms with Crippen LogP contribution in [0.4, 0.5) is 16.2 Å². The van der Waals surface area contributed by atoms with Crippen molar-refractivity contribution in [1.29, 1.82) is 0 Å². The fraction of sp³-hybridized carbons (Fsp3) is 0.292. The Kier molecular flexibility index (Phi) is 7.67. The van der Waals surface area contributed by atoms with E-state index in [-0.39, 0.29) is 11.9 Å². The predicted octanol–water partition coefficient (Wildman–Crippen LogP) is 4.58. The first-order valence-corrected chi connectivity index (χ1v) is 11.4. The van der Waals surface area contributed by atoms with Gasteiger partial charge in [-0.05, 0) is 49.7 Å². The van der Waals surface area contributed by atoms with Crippen molar-refractivity contribution in [1.82, 2.24) is 19.8 Å². The van der Waals surface area contributed by atoms with Gasteiger partial charge in [0.2, 0.25) is 0 Å². The highest BCUT2D eigenvalue weighted by Gasteiger charge is 2.17. The fourth-order valence-electron chi connectivity index (χ4n) is 3.73. The van der Waals surface area contributed by atoms with Crippen molar-refractivity contribution in [3.63, 3.8) is 0 Å². The van der Waals surface area contributed by atoms with Crippen LogP contribution in [0.3, 0.4) is 0 Å². The summed E-state index contributed by atoms with van der Waals surface area (Å²) < 4.78 is 2.60. The van der Waals surface area contributed by atoms with Gasteiger partial charge >= 0.3 is 6.03 Å². The third-order valence-electron chi connectivity index (χ3n) is 5.21.